The van der Waals surface area contributed by atoms with E-state index in [0.29, 0.717) is 13.2 Å². The molecule has 1 aromatic heterocycles. The lowest BCUT2D eigenvalue weighted by Gasteiger charge is -2.13. The first-order chi connectivity index (χ1) is 11.8. The third-order valence-electron chi connectivity index (χ3n) is 3.10. The minimum absolute atomic E-state index is 0.649. The highest BCUT2D eigenvalue weighted by Gasteiger charge is 2.33. The van der Waals surface area contributed by atoms with E-state index in [9.17, 15) is 0 Å². The number of hydrogen-bond acceptors (Lipinski definition) is 9. The van der Waals surface area contributed by atoms with Gasteiger partial charge in [0.2, 0.25) is 10.2 Å². The summed E-state index contributed by atoms with van der Waals surface area (Å²) in [6.45, 7) is 1.30. The fourth-order valence-electron chi connectivity index (χ4n) is 2.00. The van der Waals surface area contributed by atoms with Crippen molar-refractivity contribution >= 4 is 70.6 Å². The molecule has 0 saturated heterocycles. The zero-order chi connectivity index (χ0) is 16.4. The van der Waals surface area contributed by atoms with E-state index < -0.39 is 0 Å². The normalized spacial score (nSPS) is 20.4. The molecule has 0 N–H and O–H groups in total. The monoisotopic (exact) mass is 431 g/mol. The number of pyridine rings is 1. The molecule has 3 nitrogen and oxygen atoms in total. The molecule has 0 bridgehead atoms. The summed E-state index contributed by atoms with van der Waals surface area (Å²) in [6, 6.07) is 4.15. The van der Waals surface area contributed by atoms with Crippen molar-refractivity contribution < 1.29 is 9.47 Å². The highest BCUT2D eigenvalue weighted by atomic mass is 32.3. The van der Waals surface area contributed by atoms with Crippen LogP contribution in [0.3, 0.4) is 0 Å². The Kier molecular flexibility index (Phi) is 5.96. The largest absolute Gasteiger partial charge is 0.480 e. The predicted molar refractivity (Wildman–Crippen MR) is 112 cm³/mol. The molecule has 0 amide bonds. The molecule has 0 radical (unpaired) electrons. The van der Waals surface area contributed by atoms with Crippen molar-refractivity contribution in [2.24, 2.45) is 0 Å². The molecule has 0 aromatic carbocycles. The maximum absolute atomic E-state index is 5.69. The summed E-state index contributed by atoms with van der Waals surface area (Å²) in [5.41, 5.74) is 1.30. The standard InChI is InChI=1S/C15H13NO2S6/c1-19-12-13(20-8-9-2-4-16-5-3-9)24-15(23-12)14-21-10-11(22-14)18-7-6-17-10/h2-5H,6-8H2,1H3. The minimum atomic E-state index is 0.649. The van der Waals surface area contributed by atoms with E-state index in [2.05, 4.69) is 23.4 Å². The third-order valence-corrected chi connectivity index (χ3v) is 11.4. The van der Waals surface area contributed by atoms with Crippen LogP contribution in [0.2, 0.25) is 0 Å². The van der Waals surface area contributed by atoms with Gasteiger partial charge in [-0.2, -0.15) is 0 Å². The summed E-state index contributed by atoms with van der Waals surface area (Å²) in [5.74, 6) is 0.972. The second-order valence-electron chi connectivity index (χ2n) is 4.68. The van der Waals surface area contributed by atoms with Crippen molar-refractivity contribution in [3.8, 4) is 0 Å². The fraction of sp³-hybridized carbons (Fsp3) is 0.267. The molecule has 126 valence electrons. The first-order valence-corrected chi connectivity index (χ1v) is 12.6. The molecular formula is C15H13NO2S6. The minimum Gasteiger partial charge on any atom is -0.480 e. The van der Waals surface area contributed by atoms with Gasteiger partial charge in [0.25, 0.3) is 0 Å². The Morgan fingerprint density at radius 3 is 2.25 bits per heavy atom. The fourth-order valence-corrected chi connectivity index (χ4v) is 9.97. The van der Waals surface area contributed by atoms with Crippen LogP contribution >= 0.6 is 70.6 Å². The van der Waals surface area contributed by atoms with Gasteiger partial charge in [0.05, 0.1) is 16.9 Å². The van der Waals surface area contributed by atoms with E-state index in [1.54, 1.807) is 23.5 Å². The summed E-state index contributed by atoms with van der Waals surface area (Å²) in [5, 5.41) is 1.86. The van der Waals surface area contributed by atoms with Crippen LogP contribution in [0.5, 0.6) is 0 Å². The van der Waals surface area contributed by atoms with Crippen molar-refractivity contribution in [3.05, 3.63) is 57.2 Å². The molecule has 0 fully saturated rings. The van der Waals surface area contributed by atoms with E-state index in [-0.39, 0.29) is 0 Å². The van der Waals surface area contributed by atoms with Crippen molar-refractivity contribution in [1.29, 1.82) is 0 Å². The first kappa shape index (κ1) is 17.5. The predicted octanol–water partition coefficient (Wildman–Crippen LogP) is 6.06. The second kappa shape index (κ2) is 8.18. The highest BCUT2D eigenvalue weighted by molar-refractivity contribution is 8.42. The van der Waals surface area contributed by atoms with Crippen LogP contribution in [-0.2, 0) is 15.2 Å². The average molecular weight is 432 g/mol. The van der Waals surface area contributed by atoms with Crippen molar-refractivity contribution in [1.82, 2.24) is 4.98 Å². The summed E-state index contributed by atoms with van der Waals surface area (Å²) in [7, 11) is 0. The van der Waals surface area contributed by atoms with E-state index in [4.69, 9.17) is 9.47 Å². The quantitative estimate of drug-likeness (QED) is 0.564. The van der Waals surface area contributed by atoms with Gasteiger partial charge in [-0.25, -0.2) is 0 Å². The van der Waals surface area contributed by atoms with Gasteiger partial charge >= 0.3 is 0 Å². The first-order valence-electron chi connectivity index (χ1n) is 7.09. The van der Waals surface area contributed by atoms with Crippen LogP contribution < -0.4 is 0 Å². The van der Waals surface area contributed by atoms with Crippen molar-refractivity contribution in [2.75, 3.05) is 19.5 Å². The van der Waals surface area contributed by atoms with Crippen LogP contribution in [0, 0.1) is 0 Å². The number of rotatable bonds is 4. The van der Waals surface area contributed by atoms with E-state index in [1.807, 2.05) is 59.4 Å². The topological polar surface area (TPSA) is 31.4 Å². The number of thioether (sulfide) groups is 6. The Labute approximate surface area is 166 Å². The van der Waals surface area contributed by atoms with E-state index >= 15 is 0 Å². The van der Waals surface area contributed by atoms with Gasteiger partial charge in [0.1, 0.15) is 13.2 Å². The summed E-state index contributed by atoms with van der Waals surface area (Å²) in [6.07, 6.45) is 5.85. The van der Waals surface area contributed by atoms with Crippen LogP contribution in [-0.4, -0.2) is 24.5 Å². The lowest BCUT2D eigenvalue weighted by atomic mass is 10.3. The second-order valence-corrected chi connectivity index (χ2v) is 11.5. The highest BCUT2D eigenvalue weighted by Crippen LogP contribution is 2.64. The molecule has 1 aromatic rings. The summed E-state index contributed by atoms with van der Waals surface area (Å²) < 4.78 is 16.8. The SMILES string of the molecule is CSC1=C(SCc2ccncc2)SC(=C2SC3=C(OCCO3)S2)S1. The molecule has 0 aliphatic carbocycles. The Bertz CT molecular complexity index is 711. The van der Waals surface area contributed by atoms with Gasteiger partial charge in [-0.3, -0.25) is 4.98 Å². The van der Waals surface area contributed by atoms with Gasteiger partial charge in [-0.15, -0.1) is 23.5 Å². The maximum atomic E-state index is 5.69. The average Bonchev–Trinajstić information content (AvgIpc) is 3.24. The Balaban J connectivity index is 1.44. The lowest BCUT2D eigenvalue weighted by molar-refractivity contribution is 0.0949. The van der Waals surface area contributed by atoms with Crippen LogP contribution in [0.4, 0.5) is 0 Å². The van der Waals surface area contributed by atoms with Gasteiger partial charge in [0.15, 0.2) is 0 Å². The van der Waals surface area contributed by atoms with E-state index in [1.165, 1.54) is 22.5 Å². The zero-order valence-corrected chi connectivity index (χ0v) is 17.5. The molecule has 9 heteroatoms. The number of nitrogens with zero attached hydrogens (tertiary/aromatic N) is 1. The molecule has 24 heavy (non-hydrogen) atoms. The van der Waals surface area contributed by atoms with Crippen LogP contribution in [0.1, 0.15) is 5.56 Å². The molecule has 0 unspecified atom stereocenters. The van der Waals surface area contributed by atoms with Gasteiger partial charge in [-0.1, -0.05) is 23.5 Å². The maximum Gasteiger partial charge on any atom is 0.208 e. The van der Waals surface area contributed by atoms with Gasteiger partial charge in [0, 0.05) is 18.1 Å². The molecule has 3 aliphatic heterocycles. The van der Waals surface area contributed by atoms with Crippen LogP contribution in [0.15, 0.2) is 51.7 Å². The molecule has 4 rings (SSSR count). The number of hydrogen-bond donors (Lipinski definition) is 0. The van der Waals surface area contributed by atoms with E-state index in [0.717, 1.165) is 15.9 Å². The number of ether oxygens (including phenoxy) is 2. The third kappa shape index (κ3) is 3.91. The molecule has 0 atom stereocenters. The van der Waals surface area contributed by atoms with Crippen molar-refractivity contribution in [2.45, 2.75) is 5.75 Å². The molecule has 0 saturated carbocycles. The number of aromatic nitrogens is 1. The molecular weight excluding hydrogens is 419 g/mol. The summed E-state index contributed by atoms with van der Waals surface area (Å²) in [4.78, 5) is 4.08. The zero-order valence-electron chi connectivity index (χ0n) is 12.6. The van der Waals surface area contributed by atoms with Crippen LogP contribution in [0.25, 0.3) is 0 Å². The molecule has 4 heterocycles. The Morgan fingerprint density at radius 1 is 0.958 bits per heavy atom. The molecule has 3 aliphatic rings. The Morgan fingerprint density at radius 2 is 1.58 bits per heavy atom. The van der Waals surface area contributed by atoms with Crippen molar-refractivity contribution in [3.63, 3.8) is 0 Å². The summed E-state index contributed by atoms with van der Waals surface area (Å²) >= 11 is 10.9. The lowest BCUT2D eigenvalue weighted by Crippen LogP contribution is -2.08. The Hall–Kier alpha value is 0.0700. The van der Waals surface area contributed by atoms with Gasteiger partial charge in [-0.05, 0) is 47.5 Å². The van der Waals surface area contributed by atoms with Gasteiger partial charge < -0.3 is 9.47 Å². The molecule has 0 spiro atoms. The smallest absolute Gasteiger partial charge is 0.208 e.